The van der Waals surface area contributed by atoms with Crippen LogP contribution in [0.25, 0.3) is 0 Å². The Labute approximate surface area is 124 Å². The van der Waals surface area contributed by atoms with Crippen LogP contribution in [0.15, 0.2) is 36.8 Å². The summed E-state index contributed by atoms with van der Waals surface area (Å²) in [4.78, 5) is 17.2. The maximum absolute atomic E-state index is 10.8. The molecule has 0 saturated carbocycles. The van der Waals surface area contributed by atoms with E-state index < -0.39 is 5.97 Å². The van der Waals surface area contributed by atoms with Crippen molar-refractivity contribution >= 4 is 5.97 Å². The van der Waals surface area contributed by atoms with Gasteiger partial charge >= 0.3 is 5.97 Å². The van der Waals surface area contributed by atoms with Gasteiger partial charge in [0, 0.05) is 25.8 Å². The van der Waals surface area contributed by atoms with Crippen LogP contribution in [0.1, 0.15) is 35.0 Å². The Kier molecular flexibility index (Phi) is 5.11. The number of aromatic nitrogens is 2. The monoisotopic (exact) mass is 287 g/mol. The minimum absolute atomic E-state index is 0.322. The smallest absolute Gasteiger partial charge is 0.335 e. The predicted octanol–water partition coefficient (Wildman–Crippen LogP) is 2.62. The quantitative estimate of drug-likeness (QED) is 0.850. The summed E-state index contributed by atoms with van der Waals surface area (Å²) in [6, 6.07) is 7.02. The molecule has 5 nitrogen and oxygen atoms in total. The molecule has 0 spiro atoms. The molecule has 1 aromatic heterocycles. The number of aromatic carboxylic acids is 1. The molecule has 21 heavy (non-hydrogen) atoms. The molecule has 0 saturated heterocycles. The van der Waals surface area contributed by atoms with Crippen LogP contribution in [0, 0.1) is 0 Å². The summed E-state index contributed by atoms with van der Waals surface area (Å²) >= 11 is 0. The third-order valence-electron chi connectivity index (χ3n) is 3.35. The molecule has 0 aliphatic rings. The fraction of sp³-hybridized carbons (Fsp3) is 0.375. The Hall–Kier alpha value is -2.14. The summed E-state index contributed by atoms with van der Waals surface area (Å²) in [6.07, 6.45) is 4.86. The number of carboxylic acids is 1. The van der Waals surface area contributed by atoms with E-state index in [0.717, 1.165) is 31.6 Å². The van der Waals surface area contributed by atoms with Gasteiger partial charge in [0.05, 0.1) is 17.6 Å². The molecule has 1 aromatic carbocycles. The van der Waals surface area contributed by atoms with Crippen molar-refractivity contribution < 1.29 is 9.90 Å². The van der Waals surface area contributed by atoms with E-state index in [1.165, 1.54) is 5.69 Å². The average molecular weight is 287 g/mol. The lowest BCUT2D eigenvalue weighted by atomic mass is 10.1. The van der Waals surface area contributed by atoms with Crippen LogP contribution < -0.4 is 0 Å². The van der Waals surface area contributed by atoms with E-state index in [-0.39, 0.29) is 0 Å². The Morgan fingerprint density at radius 2 is 2.00 bits per heavy atom. The van der Waals surface area contributed by atoms with Crippen LogP contribution in [0.3, 0.4) is 0 Å². The van der Waals surface area contributed by atoms with Crippen molar-refractivity contribution in [2.75, 3.05) is 7.05 Å². The van der Waals surface area contributed by atoms with Crippen LogP contribution in [-0.4, -0.2) is 32.6 Å². The highest BCUT2D eigenvalue weighted by Gasteiger charge is 2.07. The Morgan fingerprint density at radius 3 is 2.62 bits per heavy atom. The number of nitrogens with zero attached hydrogens (tertiary/aromatic N) is 3. The Morgan fingerprint density at radius 1 is 1.29 bits per heavy atom. The standard InChI is InChI=1S/C16H21N3O2/c1-3-8-19-12-17-9-15(19)11-18(2)10-13-4-6-14(7-5-13)16(20)21/h4-7,9,12H,3,8,10-11H2,1-2H3,(H,20,21). The molecule has 0 aliphatic carbocycles. The lowest BCUT2D eigenvalue weighted by Crippen LogP contribution is -2.19. The number of carbonyl (C=O) groups is 1. The Balaban J connectivity index is 1.96. The van der Waals surface area contributed by atoms with Gasteiger partial charge in [-0.25, -0.2) is 9.78 Å². The minimum Gasteiger partial charge on any atom is -0.478 e. The van der Waals surface area contributed by atoms with Gasteiger partial charge < -0.3 is 9.67 Å². The number of aryl methyl sites for hydroxylation is 1. The van der Waals surface area contributed by atoms with Crippen LogP contribution in [0.5, 0.6) is 0 Å². The molecule has 0 fully saturated rings. The van der Waals surface area contributed by atoms with E-state index in [0.29, 0.717) is 5.56 Å². The SMILES string of the molecule is CCCn1cncc1CN(C)Cc1ccc(C(=O)O)cc1. The molecule has 0 bridgehead atoms. The van der Waals surface area contributed by atoms with Crippen molar-refractivity contribution in [1.82, 2.24) is 14.5 Å². The van der Waals surface area contributed by atoms with E-state index in [1.54, 1.807) is 12.1 Å². The number of hydrogen-bond donors (Lipinski definition) is 1. The van der Waals surface area contributed by atoms with Gasteiger partial charge in [-0.2, -0.15) is 0 Å². The second-order valence-electron chi connectivity index (χ2n) is 5.25. The van der Waals surface area contributed by atoms with Gasteiger partial charge in [-0.3, -0.25) is 4.90 Å². The average Bonchev–Trinajstić information content (AvgIpc) is 2.87. The fourth-order valence-electron chi connectivity index (χ4n) is 2.32. The molecule has 5 heteroatoms. The number of imidazole rings is 1. The summed E-state index contributed by atoms with van der Waals surface area (Å²) < 4.78 is 2.17. The van der Waals surface area contributed by atoms with Crippen LogP contribution in [-0.2, 0) is 19.6 Å². The summed E-state index contributed by atoms with van der Waals surface area (Å²) in [6.45, 7) is 4.73. The van der Waals surface area contributed by atoms with Gasteiger partial charge in [0.25, 0.3) is 0 Å². The zero-order valence-corrected chi connectivity index (χ0v) is 12.5. The number of rotatable bonds is 7. The molecule has 1 heterocycles. The number of benzene rings is 1. The summed E-state index contributed by atoms with van der Waals surface area (Å²) in [7, 11) is 2.05. The molecule has 2 aromatic rings. The molecule has 112 valence electrons. The normalized spacial score (nSPS) is 11.0. The first kappa shape index (κ1) is 15.3. The van der Waals surface area contributed by atoms with Gasteiger partial charge in [-0.1, -0.05) is 19.1 Å². The maximum atomic E-state index is 10.8. The largest absolute Gasteiger partial charge is 0.478 e. The highest BCUT2D eigenvalue weighted by Crippen LogP contribution is 2.10. The predicted molar refractivity (Wildman–Crippen MR) is 81.1 cm³/mol. The zero-order chi connectivity index (χ0) is 15.2. The second-order valence-corrected chi connectivity index (χ2v) is 5.25. The van der Waals surface area contributed by atoms with E-state index in [2.05, 4.69) is 21.4 Å². The molecule has 2 rings (SSSR count). The van der Waals surface area contributed by atoms with E-state index in [1.807, 2.05) is 31.7 Å². The lowest BCUT2D eigenvalue weighted by Gasteiger charge is -2.17. The van der Waals surface area contributed by atoms with Gasteiger partial charge in [0.15, 0.2) is 0 Å². The topological polar surface area (TPSA) is 58.4 Å². The maximum Gasteiger partial charge on any atom is 0.335 e. The first-order valence-electron chi connectivity index (χ1n) is 7.10. The highest BCUT2D eigenvalue weighted by atomic mass is 16.4. The molecule has 0 amide bonds. The molecule has 1 N–H and O–H groups in total. The van der Waals surface area contributed by atoms with Crippen molar-refractivity contribution in [1.29, 1.82) is 0 Å². The summed E-state index contributed by atoms with van der Waals surface area (Å²) in [5, 5.41) is 8.89. The van der Waals surface area contributed by atoms with Crippen LogP contribution >= 0.6 is 0 Å². The first-order valence-corrected chi connectivity index (χ1v) is 7.10. The first-order chi connectivity index (χ1) is 10.1. The van der Waals surface area contributed by atoms with Gasteiger partial charge in [0.2, 0.25) is 0 Å². The molecule has 0 atom stereocenters. The molecule has 0 radical (unpaired) electrons. The van der Waals surface area contributed by atoms with Crippen molar-refractivity contribution in [2.24, 2.45) is 0 Å². The lowest BCUT2D eigenvalue weighted by molar-refractivity contribution is 0.0697. The highest BCUT2D eigenvalue weighted by molar-refractivity contribution is 5.87. The summed E-state index contributed by atoms with van der Waals surface area (Å²) in [5.41, 5.74) is 2.62. The fourth-order valence-corrected chi connectivity index (χ4v) is 2.32. The second kappa shape index (κ2) is 7.04. The number of carboxylic acid groups (broad SMARTS) is 1. The van der Waals surface area contributed by atoms with E-state index in [4.69, 9.17) is 5.11 Å². The van der Waals surface area contributed by atoms with Crippen LogP contribution in [0.2, 0.25) is 0 Å². The van der Waals surface area contributed by atoms with Gasteiger partial charge in [-0.05, 0) is 31.2 Å². The van der Waals surface area contributed by atoms with Crippen molar-refractivity contribution in [3.63, 3.8) is 0 Å². The molecular weight excluding hydrogens is 266 g/mol. The third-order valence-corrected chi connectivity index (χ3v) is 3.35. The van der Waals surface area contributed by atoms with Gasteiger partial charge in [-0.15, -0.1) is 0 Å². The summed E-state index contributed by atoms with van der Waals surface area (Å²) in [5.74, 6) is -0.890. The van der Waals surface area contributed by atoms with E-state index >= 15 is 0 Å². The van der Waals surface area contributed by atoms with Crippen molar-refractivity contribution in [3.05, 3.63) is 53.6 Å². The number of hydrogen-bond acceptors (Lipinski definition) is 3. The minimum atomic E-state index is -0.890. The van der Waals surface area contributed by atoms with Gasteiger partial charge in [0.1, 0.15) is 0 Å². The van der Waals surface area contributed by atoms with Crippen molar-refractivity contribution in [2.45, 2.75) is 33.0 Å². The third kappa shape index (κ3) is 4.16. The zero-order valence-electron chi connectivity index (χ0n) is 12.5. The molecule has 0 unspecified atom stereocenters. The van der Waals surface area contributed by atoms with Crippen LogP contribution in [0.4, 0.5) is 0 Å². The molecule has 0 aliphatic heterocycles. The molecular formula is C16H21N3O2. The van der Waals surface area contributed by atoms with Crippen molar-refractivity contribution in [3.8, 4) is 0 Å². The van der Waals surface area contributed by atoms with E-state index in [9.17, 15) is 4.79 Å². The Bertz CT molecular complexity index is 590.